The van der Waals surface area contributed by atoms with Crippen molar-refractivity contribution >= 4 is 5.97 Å². The summed E-state index contributed by atoms with van der Waals surface area (Å²) >= 11 is 0. The highest BCUT2D eigenvalue weighted by atomic mass is 16.5. The maximum Gasteiger partial charge on any atom is 0.343 e. The molecule has 1 saturated carbocycles. The lowest BCUT2D eigenvalue weighted by atomic mass is 9.80. The van der Waals surface area contributed by atoms with Gasteiger partial charge in [0.25, 0.3) is 0 Å². The first-order valence-electron chi connectivity index (χ1n) is 14.2. The zero-order valence-electron chi connectivity index (χ0n) is 22.7. The topological polar surface area (TPSA) is 44.8 Å². The molecule has 0 unspecified atom stereocenters. The van der Waals surface area contributed by atoms with Crippen LogP contribution in [0.2, 0.25) is 0 Å². The fourth-order valence-electron chi connectivity index (χ4n) is 4.87. The van der Waals surface area contributed by atoms with Crippen LogP contribution in [0.4, 0.5) is 0 Å². The van der Waals surface area contributed by atoms with Gasteiger partial charge in [0.05, 0.1) is 18.8 Å². The maximum absolute atomic E-state index is 12.5. The Balaban J connectivity index is 1.35. The number of benzene rings is 2. The number of carbonyl (C=O) groups is 1. The minimum Gasteiger partial charge on any atom is -0.494 e. The summed E-state index contributed by atoms with van der Waals surface area (Å²) in [4.78, 5) is 12.5. The number of hydrogen-bond acceptors (Lipinski definition) is 4. The van der Waals surface area contributed by atoms with Gasteiger partial charge in [-0.05, 0) is 92.0 Å². The van der Waals surface area contributed by atoms with Gasteiger partial charge < -0.3 is 14.2 Å². The van der Waals surface area contributed by atoms with Crippen molar-refractivity contribution in [3.63, 3.8) is 0 Å². The van der Waals surface area contributed by atoms with Crippen LogP contribution in [0.5, 0.6) is 17.2 Å². The van der Waals surface area contributed by atoms with E-state index in [0.29, 0.717) is 23.8 Å². The normalized spacial score (nSPS) is 18.4. The van der Waals surface area contributed by atoms with E-state index in [9.17, 15) is 4.79 Å². The fraction of sp³-hybridized carbons (Fsp3) is 0.594. The lowest BCUT2D eigenvalue weighted by Gasteiger charge is -2.28. The third-order valence-electron chi connectivity index (χ3n) is 7.60. The van der Waals surface area contributed by atoms with E-state index in [4.69, 9.17) is 14.2 Å². The summed E-state index contributed by atoms with van der Waals surface area (Å²) in [6.45, 7) is 8.22. The number of unbranched alkanes of at least 4 members (excludes halogenated alkanes) is 2. The molecule has 0 spiro atoms. The summed E-state index contributed by atoms with van der Waals surface area (Å²) in [7, 11) is 0. The molecule has 0 bridgehead atoms. The molecule has 3 rings (SSSR count). The zero-order chi connectivity index (χ0) is 25.6. The number of hydrogen-bond donors (Lipinski definition) is 0. The van der Waals surface area contributed by atoms with E-state index >= 15 is 0 Å². The van der Waals surface area contributed by atoms with Crippen molar-refractivity contribution in [1.82, 2.24) is 0 Å². The van der Waals surface area contributed by atoms with Crippen molar-refractivity contribution in [2.45, 2.75) is 91.4 Å². The number of esters is 1. The first-order chi connectivity index (χ1) is 17.6. The largest absolute Gasteiger partial charge is 0.494 e. The average Bonchev–Trinajstić information content (AvgIpc) is 2.91. The second-order valence-corrected chi connectivity index (χ2v) is 10.6. The van der Waals surface area contributed by atoms with Crippen LogP contribution in [-0.2, 0) is 0 Å². The summed E-state index contributed by atoms with van der Waals surface area (Å²) in [6.07, 6.45) is 14.1. The van der Waals surface area contributed by atoms with Gasteiger partial charge in [-0.2, -0.15) is 0 Å². The maximum atomic E-state index is 12.5. The molecule has 1 aliphatic carbocycles. The Morgan fingerprint density at radius 3 is 2.08 bits per heavy atom. The van der Waals surface area contributed by atoms with Crippen LogP contribution in [0.25, 0.3) is 0 Å². The summed E-state index contributed by atoms with van der Waals surface area (Å²) in [5.41, 5.74) is 0.507. The Bertz CT molecular complexity index is 866. The highest BCUT2D eigenvalue weighted by Gasteiger charge is 2.21. The average molecular weight is 495 g/mol. The van der Waals surface area contributed by atoms with Gasteiger partial charge in [-0.3, -0.25) is 0 Å². The van der Waals surface area contributed by atoms with Gasteiger partial charge in [-0.1, -0.05) is 65.7 Å². The molecule has 1 aliphatic rings. The van der Waals surface area contributed by atoms with E-state index in [1.807, 2.05) is 24.3 Å². The van der Waals surface area contributed by atoms with Gasteiger partial charge >= 0.3 is 5.97 Å². The Labute approximate surface area is 218 Å². The smallest absolute Gasteiger partial charge is 0.343 e. The summed E-state index contributed by atoms with van der Waals surface area (Å²) in [6, 6.07) is 14.5. The highest BCUT2D eigenvalue weighted by molar-refractivity contribution is 5.91. The van der Waals surface area contributed by atoms with E-state index < -0.39 is 0 Å². The first kappa shape index (κ1) is 28.1. The fourth-order valence-corrected chi connectivity index (χ4v) is 4.87. The summed E-state index contributed by atoms with van der Waals surface area (Å²) in [5.74, 6) is 4.06. The quantitative estimate of drug-likeness (QED) is 0.141. The minimum atomic E-state index is -0.373. The minimum absolute atomic E-state index is 0.373. The van der Waals surface area contributed by atoms with Gasteiger partial charge in [-0.15, -0.1) is 0 Å². The molecular formula is C32H46O4. The van der Waals surface area contributed by atoms with Crippen molar-refractivity contribution in [3.05, 3.63) is 54.1 Å². The van der Waals surface area contributed by atoms with E-state index in [-0.39, 0.29) is 5.97 Å². The van der Waals surface area contributed by atoms with Crippen LogP contribution in [0.15, 0.2) is 48.5 Å². The van der Waals surface area contributed by atoms with Crippen LogP contribution >= 0.6 is 0 Å². The molecule has 0 heterocycles. The van der Waals surface area contributed by atoms with Gasteiger partial charge in [0.1, 0.15) is 17.2 Å². The van der Waals surface area contributed by atoms with E-state index in [0.717, 1.165) is 36.4 Å². The summed E-state index contributed by atoms with van der Waals surface area (Å²) in [5, 5.41) is 0. The molecule has 0 aliphatic heterocycles. The molecule has 2 aromatic carbocycles. The van der Waals surface area contributed by atoms with Crippen LogP contribution in [0.1, 0.15) is 102 Å². The van der Waals surface area contributed by atoms with Crippen LogP contribution in [0.3, 0.4) is 0 Å². The summed E-state index contributed by atoms with van der Waals surface area (Å²) < 4.78 is 17.4. The van der Waals surface area contributed by atoms with E-state index in [1.54, 1.807) is 24.3 Å². The Morgan fingerprint density at radius 1 is 0.806 bits per heavy atom. The number of ether oxygens (including phenoxy) is 3. The Morgan fingerprint density at radius 2 is 1.42 bits per heavy atom. The third-order valence-corrected chi connectivity index (χ3v) is 7.60. The van der Waals surface area contributed by atoms with Crippen molar-refractivity contribution < 1.29 is 19.0 Å². The molecule has 0 saturated heterocycles. The molecule has 4 heteroatoms. The standard InChI is InChI=1S/C32H46O4/c1-4-6-7-10-26-11-13-27(14-12-26)24-35-30-19-21-31(22-20-30)36-32(33)28-15-17-29(18-16-28)34-23-8-9-25(3)5-2/h15-22,25-27H,4-14,23-24H2,1-3H3/t25-,26-,27-/m0/s1. The van der Waals surface area contributed by atoms with Crippen molar-refractivity contribution in [1.29, 1.82) is 0 Å². The molecule has 36 heavy (non-hydrogen) atoms. The second-order valence-electron chi connectivity index (χ2n) is 10.6. The van der Waals surface area contributed by atoms with Crippen molar-refractivity contribution in [2.75, 3.05) is 13.2 Å². The van der Waals surface area contributed by atoms with Gasteiger partial charge in [-0.25, -0.2) is 4.79 Å². The molecular weight excluding hydrogens is 448 g/mol. The van der Waals surface area contributed by atoms with E-state index in [1.165, 1.54) is 64.2 Å². The zero-order valence-corrected chi connectivity index (χ0v) is 22.7. The number of rotatable bonds is 15. The molecule has 0 amide bonds. The van der Waals surface area contributed by atoms with Crippen LogP contribution < -0.4 is 14.2 Å². The third kappa shape index (κ3) is 9.87. The highest BCUT2D eigenvalue weighted by Crippen LogP contribution is 2.32. The Hall–Kier alpha value is -2.49. The molecule has 0 aromatic heterocycles. The predicted molar refractivity (Wildman–Crippen MR) is 147 cm³/mol. The molecule has 0 radical (unpaired) electrons. The SMILES string of the molecule is CCCCC[C@H]1CC[C@H](COc2ccc(OC(=O)c3ccc(OCCC[C@@H](C)CC)cc3)cc2)CC1. The van der Waals surface area contributed by atoms with Gasteiger partial charge in [0.15, 0.2) is 0 Å². The molecule has 198 valence electrons. The molecule has 0 N–H and O–H groups in total. The number of carbonyl (C=O) groups excluding carboxylic acids is 1. The lowest BCUT2D eigenvalue weighted by molar-refractivity contribution is 0.0734. The molecule has 4 nitrogen and oxygen atoms in total. The van der Waals surface area contributed by atoms with Crippen molar-refractivity contribution in [3.8, 4) is 17.2 Å². The molecule has 1 fully saturated rings. The van der Waals surface area contributed by atoms with Crippen LogP contribution in [-0.4, -0.2) is 19.2 Å². The second kappa shape index (κ2) is 15.6. The molecule has 1 atom stereocenters. The monoisotopic (exact) mass is 494 g/mol. The van der Waals surface area contributed by atoms with Crippen LogP contribution in [0, 0.1) is 17.8 Å². The van der Waals surface area contributed by atoms with E-state index in [2.05, 4.69) is 20.8 Å². The lowest BCUT2D eigenvalue weighted by Crippen LogP contribution is -2.20. The predicted octanol–water partition coefficient (Wildman–Crippen LogP) is 8.88. The Kier molecular flexibility index (Phi) is 12.2. The van der Waals surface area contributed by atoms with Crippen molar-refractivity contribution in [2.24, 2.45) is 17.8 Å². The van der Waals surface area contributed by atoms with Gasteiger partial charge in [0.2, 0.25) is 0 Å². The van der Waals surface area contributed by atoms with Gasteiger partial charge in [0, 0.05) is 0 Å². The molecule has 2 aromatic rings. The first-order valence-corrected chi connectivity index (χ1v) is 14.2.